The summed E-state index contributed by atoms with van der Waals surface area (Å²) in [4.78, 5) is 27.7. The number of hydrogen-bond acceptors (Lipinski definition) is 4. The van der Waals surface area contributed by atoms with E-state index in [0.29, 0.717) is 17.9 Å². The summed E-state index contributed by atoms with van der Waals surface area (Å²) in [6.07, 6.45) is 4.53. The Morgan fingerprint density at radius 1 is 1.29 bits per heavy atom. The van der Waals surface area contributed by atoms with Gasteiger partial charge >= 0.3 is 0 Å². The summed E-state index contributed by atoms with van der Waals surface area (Å²) >= 11 is 0. The summed E-state index contributed by atoms with van der Waals surface area (Å²) in [7, 11) is 0. The van der Waals surface area contributed by atoms with Gasteiger partial charge in [0.15, 0.2) is 0 Å². The fourth-order valence-electron chi connectivity index (χ4n) is 1.63. The smallest absolute Gasteiger partial charge is 0.270 e. The lowest BCUT2D eigenvalue weighted by Crippen LogP contribution is -2.26. The zero-order valence-electron chi connectivity index (χ0n) is 11.3. The molecule has 0 atom stereocenters. The summed E-state index contributed by atoms with van der Waals surface area (Å²) in [6, 6.07) is 6.48. The molecule has 0 radical (unpaired) electrons. The molecule has 6 heteroatoms. The molecule has 0 saturated heterocycles. The molecule has 6 nitrogen and oxygen atoms in total. The van der Waals surface area contributed by atoms with Gasteiger partial charge in [-0.25, -0.2) is 0 Å². The molecule has 0 fully saturated rings. The Kier molecular flexibility index (Phi) is 4.87. The summed E-state index contributed by atoms with van der Waals surface area (Å²) in [5.74, 6) is -0.00890. The van der Waals surface area contributed by atoms with Gasteiger partial charge in [-0.1, -0.05) is 6.08 Å². The predicted octanol–water partition coefficient (Wildman–Crippen LogP) is 1.52. The SMILES string of the molecule is C=CCNC(=O)c1ccnc(C(=O)NCc2ccco2)c1. The second-order valence-electron chi connectivity index (χ2n) is 4.19. The summed E-state index contributed by atoms with van der Waals surface area (Å²) in [5.41, 5.74) is 0.544. The van der Waals surface area contributed by atoms with Crippen LogP contribution in [-0.2, 0) is 6.54 Å². The molecule has 0 aromatic carbocycles. The third-order valence-corrected chi connectivity index (χ3v) is 2.66. The van der Waals surface area contributed by atoms with E-state index in [-0.39, 0.29) is 24.1 Å². The van der Waals surface area contributed by atoms with Crippen molar-refractivity contribution in [3.8, 4) is 0 Å². The molecule has 2 rings (SSSR count). The molecule has 0 saturated carbocycles. The third kappa shape index (κ3) is 4.04. The lowest BCUT2D eigenvalue weighted by atomic mass is 10.2. The first kappa shape index (κ1) is 14.5. The van der Waals surface area contributed by atoms with Crippen LogP contribution in [0.5, 0.6) is 0 Å². The van der Waals surface area contributed by atoms with Crippen LogP contribution in [0.15, 0.2) is 53.8 Å². The van der Waals surface area contributed by atoms with Crippen LogP contribution < -0.4 is 10.6 Å². The quantitative estimate of drug-likeness (QED) is 0.788. The van der Waals surface area contributed by atoms with Crippen LogP contribution in [0.3, 0.4) is 0 Å². The summed E-state index contributed by atoms with van der Waals surface area (Å²) in [5, 5.41) is 5.31. The van der Waals surface area contributed by atoms with Gasteiger partial charge in [-0.2, -0.15) is 0 Å². The zero-order chi connectivity index (χ0) is 15.1. The number of nitrogens with zero attached hydrogens (tertiary/aromatic N) is 1. The Labute approximate surface area is 121 Å². The van der Waals surface area contributed by atoms with Crippen LogP contribution in [0, 0.1) is 0 Å². The van der Waals surface area contributed by atoms with Crippen molar-refractivity contribution in [2.24, 2.45) is 0 Å². The number of hydrogen-bond donors (Lipinski definition) is 2. The Morgan fingerprint density at radius 3 is 2.86 bits per heavy atom. The van der Waals surface area contributed by atoms with Crippen LogP contribution in [0.4, 0.5) is 0 Å². The first-order valence-corrected chi connectivity index (χ1v) is 6.36. The molecule has 2 aromatic rings. The molecule has 2 N–H and O–H groups in total. The number of amides is 2. The van der Waals surface area contributed by atoms with Crippen LogP contribution in [-0.4, -0.2) is 23.3 Å². The number of rotatable bonds is 6. The Balaban J connectivity index is 2.00. The van der Waals surface area contributed by atoms with E-state index >= 15 is 0 Å². The lowest BCUT2D eigenvalue weighted by Gasteiger charge is -2.05. The maximum Gasteiger partial charge on any atom is 0.270 e. The summed E-state index contributed by atoms with van der Waals surface area (Å²) in [6.45, 7) is 4.15. The first-order chi connectivity index (χ1) is 10.2. The average Bonchev–Trinajstić information content (AvgIpc) is 3.03. The molecular weight excluding hydrogens is 270 g/mol. The van der Waals surface area contributed by atoms with Gasteiger partial charge in [0.2, 0.25) is 0 Å². The molecule has 0 spiro atoms. The zero-order valence-corrected chi connectivity index (χ0v) is 11.3. The van der Waals surface area contributed by atoms with E-state index in [1.165, 1.54) is 18.5 Å². The highest BCUT2D eigenvalue weighted by Gasteiger charge is 2.11. The van der Waals surface area contributed by atoms with Crippen LogP contribution in [0.2, 0.25) is 0 Å². The second kappa shape index (κ2) is 7.04. The van der Waals surface area contributed by atoms with E-state index in [2.05, 4.69) is 22.2 Å². The van der Waals surface area contributed by atoms with Crippen LogP contribution in [0.25, 0.3) is 0 Å². The number of furan rings is 1. The van der Waals surface area contributed by atoms with Crippen molar-refractivity contribution in [2.75, 3.05) is 6.54 Å². The van der Waals surface area contributed by atoms with E-state index in [1.807, 2.05) is 0 Å². The van der Waals surface area contributed by atoms with Gasteiger partial charge in [0, 0.05) is 18.3 Å². The summed E-state index contributed by atoms with van der Waals surface area (Å²) < 4.78 is 5.12. The minimum Gasteiger partial charge on any atom is -0.467 e. The Morgan fingerprint density at radius 2 is 2.14 bits per heavy atom. The van der Waals surface area contributed by atoms with Crippen molar-refractivity contribution in [1.82, 2.24) is 15.6 Å². The number of carbonyl (C=O) groups is 2. The fraction of sp³-hybridized carbons (Fsp3) is 0.133. The predicted molar refractivity (Wildman–Crippen MR) is 76.6 cm³/mol. The van der Waals surface area contributed by atoms with Gasteiger partial charge in [-0.15, -0.1) is 6.58 Å². The van der Waals surface area contributed by atoms with E-state index in [9.17, 15) is 9.59 Å². The van der Waals surface area contributed by atoms with E-state index < -0.39 is 0 Å². The topological polar surface area (TPSA) is 84.2 Å². The van der Waals surface area contributed by atoms with Gasteiger partial charge in [-0.3, -0.25) is 14.6 Å². The molecule has 0 aliphatic heterocycles. The monoisotopic (exact) mass is 285 g/mol. The van der Waals surface area contributed by atoms with Crippen molar-refractivity contribution in [1.29, 1.82) is 0 Å². The minimum absolute atomic E-state index is 0.174. The molecule has 0 aliphatic carbocycles. The van der Waals surface area contributed by atoms with Crippen molar-refractivity contribution in [3.63, 3.8) is 0 Å². The molecular formula is C15H15N3O3. The van der Waals surface area contributed by atoms with E-state index in [4.69, 9.17) is 4.42 Å². The lowest BCUT2D eigenvalue weighted by molar-refractivity contribution is 0.0943. The third-order valence-electron chi connectivity index (χ3n) is 2.66. The normalized spacial score (nSPS) is 9.90. The van der Waals surface area contributed by atoms with Crippen molar-refractivity contribution in [2.45, 2.75) is 6.54 Å². The Hall–Kier alpha value is -2.89. The minimum atomic E-state index is -0.371. The fourth-order valence-corrected chi connectivity index (χ4v) is 1.63. The van der Waals surface area contributed by atoms with Gasteiger partial charge in [-0.05, 0) is 24.3 Å². The number of nitrogens with one attached hydrogen (secondary N) is 2. The molecule has 2 amide bonds. The van der Waals surface area contributed by atoms with Gasteiger partial charge in [0.05, 0.1) is 12.8 Å². The van der Waals surface area contributed by atoms with Gasteiger partial charge in [0.25, 0.3) is 11.8 Å². The van der Waals surface area contributed by atoms with Crippen molar-refractivity contribution < 1.29 is 14.0 Å². The average molecular weight is 285 g/mol. The first-order valence-electron chi connectivity index (χ1n) is 6.36. The van der Waals surface area contributed by atoms with Gasteiger partial charge < -0.3 is 15.1 Å². The number of aromatic nitrogens is 1. The van der Waals surface area contributed by atoms with Crippen molar-refractivity contribution >= 4 is 11.8 Å². The highest BCUT2D eigenvalue weighted by Crippen LogP contribution is 2.04. The maximum atomic E-state index is 12.0. The van der Waals surface area contributed by atoms with E-state index in [1.54, 1.807) is 24.3 Å². The molecule has 21 heavy (non-hydrogen) atoms. The molecule has 108 valence electrons. The molecule has 2 heterocycles. The number of carbonyl (C=O) groups excluding carboxylic acids is 2. The van der Waals surface area contributed by atoms with Crippen molar-refractivity contribution in [3.05, 3.63) is 66.4 Å². The van der Waals surface area contributed by atoms with Crippen LogP contribution >= 0.6 is 0 Å². The largest absolute Gasteiger partial charge is 0.467 e. The number of pyridine rings is 1. The molecule has 2 aromatic heterocycles. The highest BCUT2D eigenvalue weighted by molar-refractivity contribution is 5.98. The Bertz CT molecular complexity index is 635. The van der Waals surface area contributed by atoms with E-state index in [0.717, 1.165) is 0 Å². The standard InChI is InChI=1S/C15H15N3O3/c1-2-6-17-14(19)11-5-7-16-13(9-11)15(20)18-10-12-4-3-8-21-12/h2-5,7-9H,1,6,10H2,(H,17,19)(H,18,20). The van der Waals surface area contributed by atoms with Gasteiger partial charge in [0.1, 0.15) is 11.5 Å². The highest BCUT2D eigenvalue weighted by atomic mass is 16.3. The van der Waals surface area contributed by atoms with Crippen LogP contribution in [0.1, 0.15) is 26.6 Å². The second-order valence-corrected chi connectivity index (χ2v) is 4.19. The maximum absolute atomic E-state index is 12.0. The molecule has 0 unspecified atom stereocenters. The molecule has 0 aliphatic rings. The molecule has 0 bridgehead atoms.